The molecule has 0 radical (unpaired) electrons. The summed E-state index contributed by atoms with van der Waals surface area (Å²) in [5, 5.41) is 5.89. The first kappa shape index (κ1) is 15.5. The van der Waals surface area contributed by atoms with Crippen LogP contribution in [0.2, 0.25) is 0 Å². The molecule has 1 aromatic carbocycles. The first-order valence-corrected chi connectivity index (χ1v) is 7.57. The number of halogens is 2. The summed E-state index contributed by atoms with van der Waals surface area (Å²) in [7, 11) is -3.79. The highest BCUT2D eigenvalue weighted by atomic mass is 32.2. The van der Waals surface area contributed by atoms with Crippen molar-refractivity contribution in [3.8, 4) is 0 Å². The Bertz CT molecular complexity index is 710. The zero-order chi connectivity index (χ0) is 15.5. The lowest BCUT2D eigenvalue weighted by Gasteiger charge is -2.07. The molecule has 0 bridgehead atoms. The van der Waals surface area contributed by atoms with E-state index < -0.39 is 21.7 Å². The topological polar surface area (TPSA) is 101 Å². The minimum atomic E-state index is -3.79. The number of hydrogen-bond donors (Lipinski definition) is 3. The SMILES string of the molecule is NCc1cn[nH]c1S(=O)(=O)NCCc1cc(F)cc(F)c1. The van der Waals surface area contributed by atoms with Gasteiger partial charge in [-0.25, -0.2) is 21.9 Å². The van der Waals surface area contributed by atoms with Crippen LogP contribution in [0.5, 0.6) is 0 Å². The van der Waals surface area contributed by atoms with Crippen molar-refractivity contribution in [2.24, 2.45) is 5.73 Å². The van der Waals surface area contributed by atoms with Gasteiger partial charge in [-0.1, -0.05) is 0 Å². The van der Waals surface area contributed by atoms with Crippen LogP contribution < -0.4 is 10.5 Å². The van der Waals surface area contributed by atoms with Crippen LogP contribution in [0, 0.1) is 11.6 Å². The van der Waals surface area contributed by atoms with E-state index in [2.05, 4.69) is 14.9 Å². The maximum Gasteiger partial charge on any atom is 0.257 e. The Hall–Kier alpha value is -1.84. The van der Waals surface area contributed by atoms with E-state index in [-0.39, 0.29) is 24.5 Å². The van der Waals surface area contributed by atoms with Crippen LogP contribution >= 0.6 is 0 Å². The molecule has 114 valence electrons. The van der Waals surface area contributed by atoms with Gasteiger partial charge in [0.15, 0.2) is 5.03 Å². The summed E-state index contributed by atoms with van der Waals surface area (Å²) in [6, 6.07) is 3.06. The molecule has 9 heteroatoms. The van der Waals surface area contributed by atoms with Crippen molar-refractivity contribution in [2.75, 3.05) is 6.54 Å². The highest BCUT2D eigenvalue weighted by Gasteiger charge is 2.19. The van der Waals surface area contributed by atoms with E-state index in [1.54, 1.807) is 0 Å². The summed E-state index contributed by atoms with van der Waals surface area (Å²) >= 11 is 0. The van der Waals surface area contributed by atoms with Crippen LogP contribution in [0.1, 0.15) is 11.1 Å². The van der Waals surface area contributed by atoms with Crippen molar-refractivity contribution in [1.82, 2.24) is 14.9 Å². The molecule has 0 saturated heterocycles. The fourth-order valence-corrected chi connectivity index (χ4v) is 3.00. The molecule has 0 unspecified atom stereocenters. The van der Waals surface area contributed by atoms with E-state index in [9.17, 15) is 17.2 Å². The molecule has 0 atom stereocenters. The Balaban J connectivity index is 2.02. The molecule has 0 amide bonds. The maximum absolute atomic E-state index is 13.0. The summed E-state index contributed by atoms with van der Waals surface area (Å²) in [5.41, 5.74) is 6.13. The third-order valence-electron chi connectivity index (χ3n) is 2.79. The standard InChI is InChI=1S/C12H14F2N4O2S/c13-10-3-8(4-11(14)5-10)1-2-17-21(19,20)12-9(6-15)7-16-18-12/h3-5,7,17H,1-2,6,15H2,(H,16,18). The van der Waals surface area contributed by atoms with Crippen molar-refractivity contribution in [2.45, 2.75) is 18.0 Å². The Morgan fingerprint density at radius 3 is 2.52 bits per heavy atom. The zero-order valence-electron chi connectivity index (χ0n) is 10.9. The van der Waals surface area contributed by atoms with Gasteiger partial charge in [0.25, 0.3) is 10.0 Å². The molecule has 2 rings (SSSR count). The van der Waals surface area contributed by atoms with Gasteiger partial charge in [-0.15, -0.1) is 0 Å². The van der Waals surface area contributed by atoms with E-state index in [0.29, 0.717) is 11.1 Å². The third-order valence-corrected chi connectivity index (χ3v) is 4.27. The molecule has 4 N–H and O–H groups in total. The molecule has 6 nitrogen and oxygen atoms in total. The first-order valence-electron chi connectivity index (χ1n) is 6.09. The fourth-order valence-electron chi connectivity index (χ4n) is 1.83. The number of aromatic amines is 1. The van der Waals surface area contributed by atoms with Crippen LogP contribution in [-0.2, 0) is 23.0 Å². The van der Waals surface area contributed by atoms with Gasteiger partial charge in [0.1, 0.15) is 11.6 Å². The molecular weight excluding hydrogens is 302 g/mol. The number of rotatable bonds is 6. The van der Waals surface area contributed by atoms with E-state index in [1.807, 2.05) is 0 Å². The highest BCUT2D eigenvalue weighted by molar-refractivity contribution is 7.89. The largest absolute Gasteiger partial charge is 0.326 e. The summed E-state index contributed by atoms with van der Waals surface area (Å²) in [5.74, 6) is -1.40. The lowest BCUT2D eigenvalue weighted by molar-refractivity contribution is 0.573. The number of H-pyrrole nitrogens is 1. The predicted octanol–water partition coefficient (Wildman–Crippen LogP) is 0.668. The van der Waals surface area contributed by atoms with Crippen molar-refractivity contribution < 1.29 is 17.2 Å². The average molecular weight is 316 g/mol. The monoisotopic (exact) mass is 316 g/mol. The zero-order valence-corrected chi connectivity index (χ0v) is 11.8. The molecule has 0 aliphatic heterocycles. The Morgan fingerprint density at radius 1 is 1.24 bits per heavy atom. The lowest BCUT2D eigenvalue weighted by atomic mass is 10.1. The van der Waals surface area contributed by atoms with Gasteiger partial charge in [0, 0.05) is 24.7 Å². The fraction of sp³-hybridized carbons (Fsp3) is 0.250. The van der Waals surface area contributed by atoms with Crippen molar-refractivity contribution in [3.05, 3.63) is 47.2 Å². The van der Waals surface area contributed by atoms with Crippen molar-refractivity contribution in [3.63, 3.8) is 0 Å². The minimum Gasteiger partial charge on any atom is -0.326 e. The number of nitrogens with two attached hydrogens (primary N) is 1. The predicted molar refractivity (Wildman–Crippen MR) is 71.7 cm³/mol. The summed E-state index contributed by atoms with van der Waals surface area (Å²) in [4.78, 5) is 0. The number of nitrogens with one attached hydrogen (secondary N) is 2. The molecule has 0 spiro atoms. The molecule has 1 aromatic heterocycles. The van der Waals surface area contributed by atoms with Crippen LogP contribution in [0.3, 0.4) is 0 Å². The minimum absolute atomic E-state index is 0.00570. The van der Waals surface area contributed by atoms with Gasteiger partial charge in [-0.05, 0) is 24.1 Å². The second kappa shape index (κ2) is 6.29. The Labute approximate surface area is 120 Å². The lowest BCUT2D eigenvalue weighted by Crippen LogP contribution is -2.27. The number of aromatic nitrogens is 2. The summed E-state index contributed by atoms with van der Waals surface area (Å²) < 4.78 is 52.4. The second-order valence-electron chi connectivity index (χ2n) is 4.35. The maximum atomic E-state index is 13.0. The number of sulfonamides is 1. The van der Waals surface area contributed by atoms with Crippen LogP contribution in [-0.4, -0.2) is 25.2 Å². The van der Waals surface area contributed by atoms with Gasteiger partial charge < -0.3 is 5.73 Å². The van der Waals surface area contributed by atoms with Gasteiger partial charge >= 0.3 is 0 Å². The van der Waals surface area contributed by atoms with E-state index in [4.69, 9.17) is 5.73 Å². The molecule has 2 aromatic rings. The van der Waals surface area contributed by atoms with Gasteiger partial charge in [0.05, 0.1) is 6.20 Å². The Kier molecular flexibility index (Phi) is 4.66. The number of nitrogens with zero attached hydrogens (tertiary/aromatic N) is 1. The van der Waals surface area contributed by atoms with Crippen molar-refractivity contribution in [1.29, 1.82) is 0 Å². The highest BCUT2D eigenvalue weighted by Crippen LogP contribution is 2.11. The number of benzene rings is 1. The van der Waals surface area contributed by atoms with E-state index >= 15 is 0 Å². The van der Waals surface area contributed by atoms with Gasteiger partial charge in [-0.2, -0.15) is 5.10 Å². The second-order valence-corrected chi connectivity index (χ2v) is 6.06. The summed E-state index contributed by atoms with van der Waals surface area (Å²) in [6.45, 7) is 0.0239. The summed E-state index contributed by atoms with van der Waals surface area (Å²) in [6.07, 6.45) is 1.48. The molecule has 0 saturated carbocycles. The molecule has 1 heterocycles. The molecular formula is C12H14F2N4O2S. The molecule has 0 fully saturated rings. The van der Waals surface area contributed by atoms with Gasteiger partial charge in [0.2, 0.25) is 0 Å². The van der Waals surface area contributed by atoms with Gasteiger partial charge in [-0.3, -0.25) is 5.10 Å². The van der Waals surface area contributed by atoms with Crippen LogP contribution in [0.4, 0.5) is 8.78 Å². The molecule has 21 heavy (non-hydrogen) atoms. The molecule has 0 aliphatic rings. The Morgan fingerprint density at radius 2 is 1.90 bits per heavy atom. The first-order chi connectivity index (χ1) is 9.92. The normalized spacial score (nSPS) is 11.8. The van der Waals surface area contributed by atoms with Crippen molar-refractivity contribution >= 4 is 10.0 Å². The van der Waals surface area contributed by atoms with Crippen LogP contribution in [0.25, 0.3) is 0 Å². The van der Waals surface area contributed by atoms with E-state index in [1.165, 1.54) is 6.20 Å². The quantitative estimate of drug-likeness (QED) is 0.729. The average Bonchev–Trinajstić information content (AvgIpc) is 2.86. The van der Waals surface area contributed by atoms with E-state index in [0.717, 1.165) is 18.2 Å². The van der Waals surface area contributed by atoms with Crippen LogP contribution in [0.15, 0.2) is 29.4 Å². The number of hydrogen-bond acceptors (Lipinski definition) is 4. The molecule has 0 aliphatic carbocycles. The smallest absolute Gasteiger partial charge is 0.257 e. The third kappa shape index (κ3) is 3.84.